The highest BCUT2D eigenvalue weighted by Crippen LogP contribution is 2.32. The maximum absolute atomic E-state index is 5.87. The Morgan fingerprint density at radius 3 is 3.00 bits per heavy atom. The summed E-state index contributed by atoms with van der Waals surface area (Å²) in [7, 11) is 2.04. The van der Waals surface area contributed by atoms with Crippen molar-refractivity contribution < 1.29 is 9.47 Å². The molecule has 0 aromatic carbocycles. The van der Waals surface area contributed by atoms with E-state index in [1.165, 1.54) is 6.42 Å². The van der Waals surface area contributed by atoms with Crippen molar-refractivity contribution in [2.45, 2.75) is 37.3 Å². The number of ether oxygens (including phenoxy) is 2. The molecule has 0 radical (unpaired) electrons. The van der Waals surface area contributed by atoms with Crippen molar-refractivity contribution in [3.63, 3.8) is 0 Å². The average Bonchev–Trinajstić information content (AvgIpc) is 2.19. The number of hydrogen-bond donors (Lipinski definition) is 1. The summed E-state index contributed by atoms with van der Waals surface area (Å²) in [5, 5.41) is 3.34. The molecular formula is C10H19NO2. The lowest BCUT2D eigenvalue weighted by molar-refractivity contribution is -0.155. The first-order chi connectivity index (χ1) is 6.35. The fourth-order valence-electron chi connectivity index (χ4n) is 2.38. The molecule has 3 heteroatoms. The molecule has 0 aliphatic carbocycles. The molecule has 0 aromatic rings. The van der Waals surface area contributed by atoms with Gasteiger partial charge >= 0.3 is 0 Å². The lowest BCUT2D eigenvalue weighted by Crippen LogP contribution is -2.50. The van der Waals surface area contributed by atoms with Crippen molar-refractivity contribution in [1.82, 2.24) is 5.32 Å². The Bertz CT molecular complexity index is 161. The SMILES string of the molecule is CNC1CCOC2(CCCOC2)C1. The molecule has 13 heavy (non-hydrogen) atoms. The van der Waals surface area contributed by atoms with Gasteiger partial charge in [0.2, 0.25) is 0 Å². The van der Waals surface area contributed by atoms with Crippen molar-refractivity contribution in [2.24, 2.45) is 0 Å². The van der Waals surface area contributed by atoms with Crippen LogP contribution in [0.1, 0.15) is 25.7 Å². The topological polar surface area (TPSA) is 30.5 Å². The van der Waals surface area contributed by atoms with Crippen molar-refractivity contribution in [3.05, 3.63) is 0 Å². The van der Waals surface area contributed by atoms with Gasteiger partial charge in [0, 0.05) is 19.3 Å². The molecule has 76 valence electrons. The van der Waals surface area contributed by atoms with Crippen molar-refractivity contribution in [3.8, 4) is 0 Å². The zero-order chi connectivity index (χ0) is 9.15. The number of hydrogen-bond acceptors (Lipinski definition) is 3. The highest BCUT2D eigenvalue weighted by Gasteiger charge is 2.38. The van der Waals surface area contributed by atoms with E-state index in [9.17, 15) is 0 Å². The fraction of sp³-hybridized carbons (Fsp3) is 1.00. The Morgan fingerprint density at radius 1 is 1.38 bits per heavy atom. The van der Waals surface area contributed by atoms with Crippen molar-refractivity contribution >= 4 is 0 Å². The Hall–Kier alpha value is -0.120. The molecule has 2 fully saturated rings. The third kappa shape index (κ3) is 2.03. The second kappa shape index (κ2) is 3.95. The summed E-state index contributed by atoms with van der Waals surface area (Å²) < 4.78 is 11.4. The normalized spacial score (nSPS) is 40.8. The van der Waals surface area contributed by atoms with E-state index in [4.69, 9.17) is 9.47 Å². The first-order valence-electron chi connectivity index (χ1n) is 5.24. The van der Waals surface area contributed by atoms with Gasteiger partial charge in [-0.15, -0.1) is 0 Å². The van der Waals surface area contributed by atoms with Gasteiger partial charge in [0.25, 0.3) is 0 Å². The molecule has 0 amide bonds. The Kier molecular flexibility index (Phi) is 2.86. The molecule has 2 atom stereocenters. The zero-order valence-electron chi connectivity index (χ0n) is 8.34. The standard InChI is InChI=1S/C10H19NO2/c1-11-9-3-6-13-10(7-9)4-2-5-12-8-10/h9,11H,2-8H2,1H3. The van der Waals surface area contributed by atoms with E-state index in [1.54, 1.807) is 0 Å². The fourth-order valence-corrected chi connectivity index (χ4v) is 2.38. The highest BCUT2D eigenvalue weighted by molar-refractivity contribution is 4.91. The van der Waals surface area contributed by atoms with Crippen LogP contribution in [0.2, 0.25) is 0 Å². The summed E-state index contributed by atoms with van der Waals surface area (Å²) >= 11 is 0. The van der Waals surface area contributed by atoms with Gasteiger partial charge in [-0.25, -0.2) is 0 Å². The van der Waals surface area contributed by atoms with Crippen molar-refractivity contribution in [2.75, 3.05) is 26.9 Å². The van der Waals surface area contributed by atoms with Crippen LogP contribution < -0.4 is 5.32 Å². The Labute approximate surface area is 79.8 Å². The van der Waals surface area contributed by atoms with Crippen LogP contribution in [0.3, 0.4) is 0 Å². The molecule has 3 nitrogen and oxygen atoms in total. The van der Waals surface area contributed by atoms with Gasteiger partial charge in [-0.05, 0) is 32.7 Å². The summed E-state index contributed by atoms with van der Waals surface area (Å²) in [6.07, 6.45) is 4.57. The van der Waals surface area contributed by atoms with Crippen LogP contribution in [0.15, 0.2) is 0 Å². The minimum atomic E-state index is 0.0458. The van der Waals surface area contributed by atoms with E-state index >= 15 is 0 Å². The molecular weight excluding hydrogens is 166 g/mol. The monoisotopic (exact) mass is 185 g/mol. The molecule has 2 aliphatic rings. The molecule has 0 bridgehead atoms. The zero-order valence-corrected chi connectivity index (χ0v) is 8.34. The lowest BCUT2D eigenvalue weighted by atomic mass is 9.86. The van der Waals surface area contributed by atoms with Gasteiger partial charge in [0.05, 0.1) is 12.2 Å². The smallest absolute Gasteiger partial charge is 0.0930 e. The highest BCUT2D eigenvalue weighted by atomic mass is 16.5. The number of rotatable bonds is 1. The van der Waals surface area contributed by atoms with E-state index in [2.05, 4.69) is 5.32 Å². The van der Waals surface area contributed by atoms with Crippen LogP contribution in [0, 0.1) is 0 Å². The molecule has 2 unspecified atom stereocenters. The van der Waals surface area contributed by atoms with E-state index in [0.717, 1.165) is 39.1 Å². The van der Waals surface area contributed by atoms with E-state index in [-0.39, 0.29) is 5.60 Å². The molecule has 0 saturated carbocycles. The molecule has 2 saturated heterocycles. The minimum absolute atomic E-state index is 0.0458. The van der Waals surface area contributed by atoms with E-state index < -0.39 is 0 Å². The quantitative estimate of drug-likeness (QED) is 0.659. The van der Waals surface area contributed by atoms with Crippen LogP contribution in [0.5, 0.6) is 0 Å². The average molecular weight is 185 g/mol. The molecule has 0 aromatic heterocycles. The van der Waals surface area contributed by atoms with Gasteiger partial charge in [-0.3, -0.25) is 0 Å². The van der Waals surface area contributed by atoms with Gasteiger partial charge < -0.3 is 14.8 Å². The van der Waals surface area contributed by atoms with Crippen LogP contribution in [0.4, 0.5) is 0 Å². The molecule has 2 aliphatic heterocycles. The second-order valence-electron chi connectivity index (χ2n) is 4.17. The Morgan fingerprint density at radius 2 is 2.31 bits per heavy atom. The van der Waals surface area contributed by atoms with Crippen LogP contribution in [-0.4, -0.2) is 38.5 Å². The first kappa shape index (κ1) is 9.44. The van der Waals surface area contributed by atoms with Gasteiger partial charge in [-0.1, -0.05) is 0 Å². The van der Waals surface area contributed by atoms with Crippen LogP contribution in [0.25, 0.3) is 0 Å². The Balaban J connectivity index is 1.95. The first-order valence-corrected chi connectivity index (χ1v) is 5.24. The van der Waals surface area contributed by atoms with E-state index in [0.29, 0.717) is 6.04 Å². The third-order valence-corrected chi connectivity index (χ3v) is 3.19. The van der Waals surface area contributed by atoms with Gasteiger partial charge in [0.15, 0.2) is 0 Å². The largest absolute Gasteiger partial charge is 0.378 e. The van der Waals surface area contributed by atoms with E-state index in [1.807, 2.05) is 7.05 Å². The van der Waals surface area contributed by atoms with Crippen LogP contribution >= 0.6 is 0 Å². The van der Waals surface area contributed by atoms with Crippen molar-refractivity contribution in [1.29, 1.82) is 0 Å². The summed E-state index contributed by atoms with van der Waals surface area (Å²) in [5.74, 6) is 0. The van der Waals surface area contributed by atoms with Crippen LogP contribution in [-0.2, 0) is 9.47 Å². The number of nitrogens with one attached hydrogen (secondary N) is 1. The third-order valence-electron chi connectivity index (χ3n) is 3.19. The summed E-state index contributed by atoms with van der Waals surface area (Å²) in [6.45, 7) is 2.59. The van der Waals surface area contributed by atoms with Gasteiger partial charge in [0.1, 0.15) is 0 Å². The predicted octanol–water partition coefficient (Wildman–Crippen LogP) is 0.934. The molecule has 1 N–H and O–H groups in total. The summed E-state index contributed by atoms with van der Waals surface area (Å²) in [5.41, 5.74) is 0.0458. The molecule has 2 heterocycles. The lowest BCUT2D eigenvalue weighted by Gasteiger charge is -2.43. The summed E-state index contributed by atoms with van der Waals surface area (Å²) in [4.78, 5) is 0. The maximum Gasteiger partial charge on any atom is 0.0930 e. The minimum Gasteiger partial charge on any atom is -0.378 e. The second-order valence-corrected chi connectivity index (χ2v) is 4.17. The molecule has 1 spiro atoms. The predicted molar refractivity (Wildman–Crippen MR) is 50.8 cm³/mol. The van der Waals surface area contributed by atoms with Gasteiger partial charge in [-0.2, -0.15) is 0 Å². The summed E-state index contributed by atoms with van der Waals surface area (Å²) in [6, 6.07) is 0.621. The molecule has 2 rings (SSSR count). The maximum atomic E-state index is 5.87.